The first-order chi connectivity index (χ1) is 6.15. The summed E-state index contributed by atoms with van der Waals surface area (Å²) < 4.78 is 0. The number of hydrogen-bond acceptors (Lipinski definition) is 2. The molecule has 0 radical (unpaired) electrons. The zero-order valence-electron chi connectivity index (χ0n) is 7.53. The van der Waals surface area contributed by atoms with E-state index in [4.69, 9.17) is 11.5 Å². The second-order valence-electron chi connectivity index (χ2n) is 2.67. The Bertz CT molecular complexity index is 294. The van der Waals surface area contributed by atoms with E-state index in [9.17, 15) is 4.79 Å². The van der Waals surface area contributed by atoms with Gasteiger partial charge in [-0.3, -0.25) is 4.90 Å². The van der Waals surface area contributed by atoms with Crippen molar-refractivity contribution in [3.05, 3.63) is 24.3 Å². The molecule has 1 aromatic rings. The van der Waals surface area contributed by atoms with Gasteiger partial charge >= 0.3 is 6.03 Å². The number of nitrogens with zero attached hydrogens (tertiary/aromatic N) is 1. The third kappa shape index (κ3) is 2.11. The average Bonchev–Trinajstić information content (AvgIpc) is 2.09. The van der Waals surface area contributed by atoms with Crippen molar-refractivity contribution in [3.8, 4) is 0 Å². The van der Waals surface area contributed by atoms with Crippen molar-refractivity contribution < 1.29 is 4.79 Å². The highest BCUT2D eigenvalue weighted by Gasteiger charge is 2.08. The molecule has 0 aliphatic rings. The van der Waals surface area contributed by atoms with Gasteiger partial charge in [0.15, 0.2) is 0 Å². The highest BCUT2D eigenvalue weighted by atomic mass is 16.2. The van der Waals surface area contributed by atoms with Crippen LogP contribution in [-0.4, -0.2) is 12.6 Å². The van der Waals surface area contributed by atoms with Crippen molar-refractivity contribution in [3.63, 3.8) is 0 Å². The average molecular weight is 179 g/mol. The summed E-state index contributed by atoms with van der Waals surface area (Å²) in [6, 6.07) is 6.56. The smallest absolute Gasteiger partial charge is 0.319 e. The van der Waals surface area contributed by atoms with E-state index in [0.29, 0.717) is 12.2 Å². The molecule has 0 bridgehead atoms. The summed E-state index contributed by atoms with van der Waals surface area (Å²) in [6.07, 6.45) is 0. The summed E-state index contributed by atoms with van der Waals surface area (Å²) in [5, 5.41) is 0. The summed E-state index contributed by atoms with van der Waals surface area (Å²) in [5.74, 6) is 0. The largest absolute Gasteiger partial charge is 0.399 e. The van der Waals surface area contributed by atoms with Gasteiger partial charge in [0.1, 0.15) is 0 Å². The highest BCUT2D eigenvalue weighted by Crippen LogP contribution is 2.15. The van der Waals surface area contributed by atoms with Crippen LogP contribution in [0.3, 0.4) is 0 Å². The number of primary amides is 1. The van der Waals surface area contributed by atoms with E-state index < -0.39 is 6.03 Å². The summed E-state index contributed by atoms with van der Waals surface area (Å²) in [6.45, 7) is 2.42. The highest BCUT2D eigenvalue weighted by molar-refractivity contribution is 5.90. The van der Waals surface area contributed by atoms with Crippen LogP contribution in [0.2, 0.25) is 0 Å². The van der Waals surface area contributed by atoms with E-state index >= 15 is 0 Å². The fourth-order valence-electron chi connectivity index (χ4n) is 1.12. The SMILES string of the molecule is CCN(C(N)=O)c1ccc(N)cc1. The predicted molar refractivity (Wildman–Crippen MR) is 53.5 cm³/mol. The number of benzene rings is 1. The molecular formula is C9H13N3O. The number of nitrogens with two attached hydrogens (primary N) is 2. The van der Waals surface area contributed by atoms with E-state index in [1.54, 1.807) is 24.3 Å². The van der Waals surface area contributed by atoms with E-state index in [1.165, 1.54) is 4.90 Å². The number of carbonyl (C=O) groups is 1. The fourth-order valence-corrected chi connectivity index (χ4v) is 1.12. The van der Waals surface area contributed by atoms with Crippen molar-refractivity contribution in [2.75, 3.05) is 17.2 Å². The first-order valence-electron chi connectivity index (χ1n) is 4.07. The van der Waals surface area contributed by atoms with E-state index in [2.05, 4.69) is 0 Å². The molecule has 2 amide bonds. The standard InChI is InChI=1S/C9H13N3O/c1-2-12(9(11)13)8-5-3-7(10)4-6-8/h3-6H,2,10H2,1H3,(H2,11,13). The minimum Gasteiger partial charge on any atom is -0.399 e. The lowest BCUT2D eigenvalue weighted by atomic mass is 10.2. The third-order valence-electron chi connectivity index (χ3n) is 1.79. The molecule has 1 aromatic carbocycles. The summed E-state index contributed by atoms with van der Waals surface area (Å²) >= 11 is 0. The minimum atomic E-state index is -0.452. The van der Waals surface area contributed by atoms with Gasteiger partial charge in [-0.2, -0.15) is 0 Å². The third-order valence-corrected chi connectivity index (χ3v) is 1.79. The van der Waals surface area contributed by atoms with Crippen LogP contribution in [0.4, 0.5) is 16.2 Å². The van der Waals surface area contributed by atoms with Gasteiger partial charge in [0.05, 0.1) is 0 Å². The second-order valence-corrected chi connectivity index (χ2v) is 2.67. The van der Waals surface area contributed by atoms with Gasteiger partial charge in [0.25, 0.3) is 0 Å². The second kappa shape index (κ2) is 3.80. The first-order valence-corrected chi connectivity index (χ1v) is 4.07. The quantitative estimate of drug-likeness (QED) is 0.669. The molecule has 4 heteroatoms. The zero-order valence-corrected chi connectivity index (χ0v) is 7.53. The van der Waals surface area contributed by atoms with E-state index in [1.807, 2.05) is 6.92 Å². The number of carbonyl (C=O) groups excluding carboxylic acids is 1. The Hall–Kier alpha value is -1.71. The number of anilines is 2. The Labute approximate surface area is 77.1 Å². The predicted octanol–water partition coefficient (Wildman–Crippen LogP) is 1.17. The van der Waals surface area contributed by atoms with E-state index in [0.717, 1.165) is 5.69 Å². The van der Waals surface area contributed by atoms with Gasteiger partial charge in [-0.15, -0.1) is 0 Å². The fraction of sp³-hybridized carbons (Fsp3) is 0.222. The van der Waals surface area contributed by atoms with Crippen LogP contribution in [0.1, 0.15) is 6.92 Å². The normalized spacial score (nSPS) is 9.62. The van der Waals surface area contributed by atoms with Crippen LogP contribution >= 0.6 is 0 Å². The van der Waals surface area contributed by atoms with Crippen LogP contribution < -0.4 is 16.4 Å². The van der Waals surface area contributed by atoms with Crippen molar-refractivity contribution in [1.82, 2.24) is 0 Å². The lowest BCUT2D eigenvalue weighted by Gasteiger charge is -2.17. The maximum Gasteiger partial charge on any atom is 0.319 e. The molecule has 0 aliphatic heterocycles. The maximum atomic E-state index is 10.9. The molecule has 0 unspecified atom stereocenters. The summed E-state index contributed by atoms with van der Waals surface area (Å²) in [5.41, 5.74) is 12.1. The monoisotopic (exact) mass is 179 g/mol. The van der Waals surface area contributed by atoms with Crippen molar-refractivity contribution in [2.45, 2.75) is 6.92 Å². The van der Waals surface area contributed by atoms with Gasteiger partial charge < -0.3 is 11.5 Å². The Morgan fingerprint density at radius 1 is 1.38 bits per heavy atom. The molecule has 13 heavy (non-hydrogen) atoms. The Morgan fingerprint density at radius 3 is 2.31 bits per heavy atom. The number of hydrogen-bond donors (Lipinski definition) is 2. The van der Waals surface area contributed by atoms with Gasteiger partial charge in [-0.1, -0.05) is 0 Å². The molecular weight excluding hydrogens is 166 g/mol. The zero-order chi connectivity index (χ0) is 9.84. The Balaban J connectivity index is 2.92. The van der Waals surface area contributed by atoms with Crippen LogP contribution in [-0.2, 0) is 0 Å². The molecule has 0 saturated heterocycles. The number of nitrogen functional groups attached to an aromatic ring is 1. The number of amides is 2. The van der Waals surface area contributed by atoms with Crippen molar-refractivity contribution >= 4 is 17.4 Å². The molecule has 0 atom stereocenters. The molecule has 0 saturated carbocycles. The Kier molecular flexibility index (Phi) is 2.74. The first kappa shape index (κ1) is 9.38. The van der Waals surface area contributed by atoms with E-state index in [-0.39, 0.29) is 0 Å². The van der Waals surface area contributed by atoms with Crippen molar-refractivity contribution in [1.29, 1.82) is 0 Å². The lowest BCUT2D eigenvalue weighted by molar-refractivity contribution is 0.254. The summed E-state index contributed by atoms with van der Waals surface area (Å²) in [7, 11) is 0. The topological polar surface area (TPSA) is 72.3 Å². The molecule has 0 heterocycles. The van der Waals surface area contributed by atoms with Crippen LogP contribution in [0, 0.1) is 0 Å². The molecule has 0 aromatic heterocycles. The van der Waals surface area contributed by atoms with Gasteiger partial charge in [0, 0.05) is 17.9 Å². The molecule has 0 fully saturated rings. The molecule has 4 N–H and O–H groups in total. The molecule has 1 rings (SSSR count). The van der Waals surface area contributed by atoms with Crippen LogP contribution in [0.5, 0.6) is 0 Å². The van der Waals surface area contributed by atoms with Gasteiger partial charge in [-0.05, 0) is 31.2 Å². The van der Waals surface area contributed by atoms with Gasteiger partial charge in [0.2, 0.25) is 0 Å². The summed E-state index contributed by atoms with van der Waals surface area (Å²) in [4.78, 5) is 12.4. The molecule has 4 nitrogen and oxygen atoms in total. The molecule has 0 spiro atoms. The Morgan fingerprint density at radius 2 is 1.92 bits per heavy atom. The minimum absolute atomic E-state index is 0.452. The molecule has 70 valence electrons. The maximum absolute atomic E-state index is 10.9. The van der Waals surface area contributed by atoms with Crippen LogP contribution in [0.25, 0.3) is 0 Å². The van der Waals surface area contributed by atoms with Crippen LogP contribution in [0.15, 0.2) is 24.3 Å². The van der Waals surface area contributed by atoms with Crippen molar-refractivity contribution in [2.24, 2.45) is 5.73 Å². The number of rotatable bonds is 2. The lowest BCUT2D eigenvalue weighted by Crippen LogP contribution is -2.35. The van der Waals surface area contributed by atoms with Gasteiger partial charge in [-0.25, -0.2) is 4.79 Å². The molecule has 0 aliphatic carbocycles. The number of urea groups is 1.